The first kappa shape index (κ1) is 36.2. The fraction of sp³-hybridized carbons (Fsp3) is 0.447. The number of nitrogens with zero attached hydrogens (tertiary/aromatic N) is 2. The van der Waals surface area contributed by atoms with E-state index >= 15 is 0 Å². The normalized spacial score (nSPS) is 23.4. The van der Waals surface area contributed by atoms with Crippen LogP contribution in [0.5, 0.6) is 5.75 Å². The second kappa shape index (κ2) is 13.9. The standard InChI is InChI=1S/C38H46N2O8S2/c1-25(2)32-20-28-23-40(49(43,44)30-12-10-29(11-13-30)38(3,4)5)19-17-34(28)48-37(32)33-21-31(14-15-35(33)47-24-36(41)42)50(45,46)39-18-16-26-8-6-7-9-27(26)22-39/h6-15,21,28,32,34,37H,1,16-20,22-24H2,2-5H3,(H,41,42)/t28-,32-,34+,37+/m1/s1. The highest BCUT2D eigenvalue weighted by molar-refractivity contribution is 7.89. The maximum absolute atomic E-state index is 14.0. The van der Waals surface area contributed by atoms with Gasteiger partial charge in [0, 0.05) is 37.7 Å². The fourth-order valence-corrected chi connectivity index (χ4v) is 10.3. The average molecular weight is 723 g/mol. The molecular weight excluding hydrogens is 677 g/mol. The van der Waals surface area contributed by atoms with Gasteiger partial charge in [-0.05, 0) is 84.5 Å². The van der Waals surface area contributed by atoms with Crippen LogP contribution in [0, 0.1) is 11.8 Å². The molecule has 3 heterocycles. The molecule has 2 fully saturated rings. The number of ether oxygens (including phenoxy) is 2. The van der Waals surface area contributed by atoms with Crippen molar-refractivity contribution in [2.45, 2.75) is 80.9 Å². The first-order valence-corrected chi connectivity index (χ1v) is 19.9. The lowest BCUT2D eigenvalue weighted by atomic mass is 9.76. The number of aliphatic carboxylic acids is 1. The topological polar surface area (TPSA) is 131 Å². The van der Waals surface area contributed by atoms with Crippen LogP contribution in [-0.2, 0) is 48.0 Å². The molecule has 1 N–H and O–H groups in total. The molecule has 0 aliphatic carbocycles. The van der Waals surface area contributed by atoms with Crippen molar-refractivity contribution in [2.24, 2.45) is 11.8 Å². The summed E-state index contributed by atoms with van der Waals surface area (Å²) in [4.78, 5) is 11.8. The number of fused-ring (bicyclic) bond motifs is 2. The zero-order valence-corrected chi connectivity index (χ0v) is 30.7. The van der Waals surface area contributed by atoms with Crippen molar-refractivity contribution in [3.05, 3.63) is 101 Å². The quantitative estimate of drug-likeness (QED) is 0.269. The van der Waals surface area contributed by atoms with Gasteiger partial charge in [-0.25, -0.2) is 21.6 Å². The SMILES string of the molecule is C=C(C)[C@H]1C[C@@H]2CN(S(=O)(=O)c3ccc(C(C)(C)C)cc3)CC[C@@H]2O[C@@H]1c1cc(S(=O)(=O)N2CCc3ccccc3C2)ccc1OCC(=O)O. The van der Waals surface area contributed by atoms with E-state index in [9.17, 15) is 26.7 Å². The highest BCUT2D eigenvalue weighted by Crippen LogP contribution is 2.48. The van der Waals surface area contributed by atoms with Gasteiger partial charge in [0.25, 0.3) is 0 Å². The largest absolute Gasteiger partial charge is 0.482 e. The third kappa shape index (κ3) is 7.27. The zero-order valence-electron chi connectivity index (χ0n) is 29.0. The molecule has 2 saturated heterocycles. The molecule has 3 aliphatic heterocycles. The second-order valence-corrected chi connectivity index (χ2v) is 18.6. The van der Waals surface area contributed by atoms with E-state index in [4.69, 9.17) is 9.47 Å². The van der Waals surface area contributed by atoms with Crippen molar-refractivity contribution in [1.82, 2.24) is 8.61 Å². The Morgan fingerprint density at radius 2 is 1.60 bits per heavy atom. The van der Waals surface area contributed by atoms with Gasteiger partial charge >= 0.3 is 5.97 Å². The predicted octanol–water partition coefficient (Wildman–Crippen LogP) is 5.93. The van der Waals surface area contributed by atoms with Gasteiger partial charge in [0.2, 0.25) is 20.0 Å². The Balaban J connectivity index is 1.28. The van der Waals surface area contributed by atoms with Crippen molar-refractivity contribution in [2.75, 3.05) is 26.2 Å². The third-order valence-electron chi connectivity index (χ3n) is 10.2. The monoisotopic (exact) mass is 722 g/mol. The first-order chi connectivity index (χ1) is 23.6. The van der Waals surface area contributed by atoms with E-state index in [2.05, 4.69) is 27.4 Å². The van der Waals surface area contributed by atoms with Gasteiger partial charge < -0.3 is 14.6 Å². The lowest BCUT2D eigenvalue weighted by Crippen LogP contribution is -2.50. The maximum atomic E-state index is 14.0. The Morgan fingerprint density at radius 3 is 2.26 bits per heavy atom. The minimum atomic E-state index is -3.93. The van der Waals surface area contributed by atoms with Crippen molar-refractivity contribution in [3.8, 4) is 5.75 Å². The van der Waals surface area contributed by atoms with Gasteiger partial charge in [-0.3, -0.25) is 0 Å². The molecule has 0 amide bonds. The highest BCUT2D eigenvalue weighted by atomic mass is 32.2. The summed E-state index contributed by atoms with van der Waals surface area (Å²) in [6.07, 6.45) is 0.612. The minimum Gasteiger partial charge on any atom is -0.482 e. The van der Waals surface area contributed by atoms with E-state index in [-0.39, 0.29) is 58.5 Å². The number of benzene rings is 3. The number of carboxylic acids is 1. The summed E-state index contributed by atoms with van der Waals surface area (Å²) in [5, 5.41) is 9.40. The van der Waals surface area contributed by atoms with E-state index in [0.29, 0.717) is 31.4 Å². The molecule has 12 heteroatoms. The predicted molar refractivity (Wildman–Crippen MR) is 190 cm³/mol. The number of hydrogen-bond donors (Lipinski definition) is 1. The Morgan fingerprint density at radius 1 is 0.940 bits per heavy atom. The van der Waals surface area contributed by atoms with Crippen LogP contribution >= 0.6 is 0 Å². The highest BCUT2D eigenvalue weighted by Gasteiger charge is 2.45. The van der Waals surface area contributed by atoms with Crippen LogP contribution in [0.15, 0.2) is 88.7 Å². The fourth-order valence-electron chi connectivity index (χ4n) is 7.36. The number of carbonyl (C=O) groups is 1. The van der Waals surface area contributed by atoms with Gasteiger partial charge in [-0.2, -0.15) is 8.61 Å². The Hall–Kier alpha value is -3.55. The van der Waals surface area contributed by atoms with Crippen molar-refractivity contribution in [3.63, 3.8) is 0 Å². The van der Waals surface area contributed by atoms with Gasteiger partial charge in [-0.1, -0.05) is 69.3 Å². The second-order valence-electron chi connectivity index (χ2n) is 14.7. The minimum absolute atomic E-state index is 0.0686. The molecule has 0 bridgehead atoms. The first-order valence-electron chi connectivity index (χ1n) is 17.0. The zero-order chi connectivity index (χ0) is 36.0. The molecule has 268 valence electrons. The van der Waals surface area contributed by atoms with Crippen LogP contribution in [0.1, 0.15) is 68.9 Å². The van der Waals surface area contributed by atoms with Crippen LogP contribution in [0.4, 0.5) is 0 Å². The van der Waals surface area contributed by atoms with Gasteiger partial charge in [0.1, 0.15) is 5.75 Å². The molecule has 4 atom stereocenters. The van der Waals surface area contributed by atoms with E-state index < -0.39 is 38.7 Å². The molecule has 0 radical (unpaired) electrons. The number of rotatable bonds is 9. The Labute approximate surface area is 295 Å². The summed E-state index contributed by atoms with van der Waals surface area (Å²) in [6, 6.07) is 19.4. The molecule has 0 spiro atoms. The molecule has 10 nitrogen and oxygen atoms in total. The molecule has 3 aromatic rings. The molecule has 50 heavy (non-hydrogen) atoms. The summed E-state index contributed by atoms with van der Waals surface area (Å²) in [5.74, 6) is -1.38. The molecule has 0 unspecified atom stereocenters. The van der Waals surface area contributed by atoms with E-state index in [1.165, 1.54) is 20.7 Å². The third-order valence-corrected chi connectivity index (χ3v) is 14.0. The lowest BCUT2D eigenvalue weighted by molar-refractivity contribution is -0.139. The maximum Gasteiger partial charge on any atom is 0.341 e. The smallest absolute Gasteiger partial charge is 0.341 e. The molecule has 3 aliphatic rings. The Kier molecular flexibility index (Phi) is 10.1. The van der Waals surface area contributed by atoms with Gasteiger partial charge in [-0.15, -0.1) is 0 Å². The van der Waals surface area contributed by atoms with Crippen LogP contribution < -0.4 is 4.74 Å². The van der Waals surface area contributed by atoms with Gasteiger partial charge in [0.15, 0.2) is 6.61 Å². The molecule has 0 saturated carbocycles. The van der Waals surface area contributed by atoms with Crippen LogP contribution in [0.3, 0.4) is 0 Å². The van der Waals surface area contributed by atoms with Crippen molar-refractivity contribution >= 4 is 26.0 Å². The summed E-state index contributed by atoms with van der Waals surface area (Å²) >= 11 is 0. The summed E-state index contributed by atoms with van der Waals surface area (Å²) in [5.41, 5.74) is 4.26. The van der Waals surface area contributed by atoms with Gasteiger partial charge in [0.05, 0.1) is 22.0 Å². The van der Waals surface area contributed by atoms with Crippen LogP contribution in [0.2, 0.25) is 0 Å². The van der Waals surface area contributed by atoms with E-state index in [1.807, 2.05) is 43.3 Å². The van der Waals surface area contributed by atoms with E-state index in [1.54, 1.807) is 18.2 Å². The molecule has 6 rings (SSSR count). The Bertz CT molecular complexity index is 1990. The van der Waals surface area contributed by atoms with Crippen LogP contribution in [0.25, 0.3) is 0 Å². The lowest BCUT2D eigenvalue weighted by Gasteiger charge is -2.47. The number of sulfonamides is 2. The van der Waals surface area contributed by atoms with Crippen molar-refractivity contribution in [1.29, 1.82) is 0 Å². The van der Waals surface area contributed by atoms with E-state index in [0.717, 1.165) is 22.3 Å². The number of carboxylic acid groups (broad SMARTS) is 1. The average Bonchev–Trinajstić information content (AvgIpc) is 3.09. The molecule has 0 aromatic heterocycles. The summed E-state index contributed by atoms with van der Waals surface area (Å²) < 4.78 is 71.1. The number of hydrogen-bond acceptors (Lipinski definition) is 7. The summed E-state index contributed by atoms with van der Waals surface area (Å²) in [6.45, 7) is 12.9. The molecule has 3 aromatic carbocycles. The number of piperidine rings is 1. The summed E-state index contributed by atoms with van der Waals surface area (Å²) in [7, 11) is -7.67. The van der Waals surface area contributed by atoms with Crippen LogP contribution in [-0.4, -0.2) is 68.9 Å². The molecular formula is C38H46N2O8S2. The van der Waals surface area contributed by atoms with Crippen molar-refractivity contribution < 1.29 is 36.2 Å².